The summed E-state index contributed by atoms with van der Waals surface area (Å²) in [6, 6.07) is 20.9. The van der Waals surface area contributed by atoms with Crippen molar-refractivity contribution in [1.29, 1.82) is 0 Å². The Kier molecular flexibility index (Phi) is 11.0. The number of nitrogens with one attached hydrogen (secondary N) is 2. The zero-order valence-corrected chi connectivity index (χ0v) is 24.1. The molecular formula is C31H34N2O8S. The van der Waals surface area contributed by atoms with Crippen LogP contribution in [-0.4, -0.2) is 53.2 Å². The first-order chi connectivity index (χ1) is 20.3. The van der Waals surface area contributed by atoms with E-state index in [0.29, 0.717) is 11.4 Å². The summed E-state index contributed by atoms with van der Waals surface area (Å²) >= 11 is 1.58. The molecule has 10 nitrogen and oxygen atoms in total. The van der Waals surface area contributed by atoms with Gasteiger partial charge in [0.15, 0.2) is 6.29 Å². The van der Waals surface area contributed by atoms with E-state index in [1.54, 1.807) is 55.1 Å². The Bertz CT molecular complexity index is 1350. The number of aromatic carboxylic acids is 1. The van der Waals surface area contributed by atoms with E-state index in [2.05, 4.69) is 17.6 Å². The van der Waals surface area contributed by atoms with Crippen LogP contribution >= 0.6 is 11.8 Å². The minimum atomic E-state index is -0.968. The van der Waals surface area contributed by atoms with Gasteiger partial charge in [0.1, 0.15) is 6.54 Å². The number of anilines is 1. The largest absolute Gasteiger partial charge is 0.478 e. The molecule has 0 aromatic heterocycles. The monoisotopic (exact) mass is 594 g/mol. The van der Waals surface area contributed by atoms with Crippen molar-refractivity contribution in [3.8, 4) is 0 Å². The lowest BCUT2D eigenvalue weighted by atomic mass is 9.91. The molecule has 4 rings (SSSR count). The molecule has 4 atom stereocenters. The Morgan fingerprint density at radius 3 is 2.21 bits per heavy atom. The number of aliphatic hydroxyl groups excluding tert-OH is 1. The molecule has 0 radical (unpaired) electrons. The van der Waals surface area contributed by atoms with E-state index in [4.69, 9.17) is 14.2 Å². The topological polar surface area (TPSA) is 143 Å². The summed E-state index contributed by atoms with van der Waals surface area (Å²) in [5.74, 6) is -0.895. The highest BCUT2D eigenvalue weighted by Gasteiger charge is 2.38. The van der Waals surface area contributed by atoms with Crippen LogP contribution in [0.1, 0.15) is 53.3 Å². The first-order valence-corrected chi connectivity index (χ1v) is 14.5. The predicted octanol–water partition coefficient (Wildman–Crippen LogP) is 5.15. The van der Waals surface area contributed by atoms with Gasteiger partial charge in [0.2, 0.25) is 0 Å². The van der Waals surface area contributed by atoms with Crippen molar-refractivity contribution in [3.63, 3.8) is 0 Å². The van der Waals surface area contributed by atoms with Crippen molar-refractivity contribution in [2.45, 2.75) is 43.8 Å². The van der Waals surface area contributed by atoms with Gasteiger partial charge in [-0.1, -0.05) is 43.3 Å². The minimum Gasteiger partial charge on any atom is -0.478 e. The van der Waals surface area contributed by atoms with E-state index in [9.17, 15) is 24.6 Å². The lowest BCUT2D eigenvalue weighted by molar-refractivity contribution is -0.268. The number of benzene rings is 3. The number of carbonyl (C=O) groups excluding carboxylic acids is 2. The highest BCUT2D eigenvalue weighted by Crippen LogP contribution is 2.43. The lowest BCUT2D eigenvalue weighted by Gasteiger charge is -2.41. The fourth-order valence-electron chi connectivity index (χ4n) is 4.45. The number of rotatable bonds is 11. The summed E-state index contributed by atoms with van der Waals surface area (Å²) in [5.41, 5.74) is 3.29. The van der Waals surface area contributed by atoms with Gasteiger partial charge >= 0.3 is 18.0 Å². The van der Waals surface area contributed by atoms with Crippen LogP contribution in [0.4, 0.5) is 10.5 Å². The van der Waals surface area contributed by atoms with Crippen LogP contribution in [0.3, 0.4) is 0 Å². The summed E-state index contributed by atoms with van der Waals surface area (Å²) in [5, 5.41) is 23.8. The molecule has 1 aliphatic heterocycles. The van der Waals surface area contributed by atoms with Crippen molar-refractivity contribution < 1.29 is 38.8 Å². The van der Waals surface area contributed by atoms with Crippen LogP contribution in [0.15, 0.2) is 77.7 Å². The van der Waals surface area contributed by atoms with E-state index in [1.807, 2.05) is 36.4 Å². The normalized spacial score (nSPS) is 20.0. The Labute approximate surface area is 248 Å². The molecule has 3 aromatic carbocycles. The Balaban J connectivity index is 1.47. The number of hydrogen-bond acceptors (Lipinski definition) is 8. The highest BCUT2D eigenvalue weighted by atomic mass is 32.2. The molecule has 1 saturated heterocycles. The molecule has 42 heavy (non-hydrogen) atoms. The summed E-state index contributed by atoms with van der Waals surface area (Å²) < 4.78 is 17.7. The lowest BCUT2D eigenvalue weighted by Crippen LogP contribution is -2.38. The standard InChI is InChI=1S/C31H34N2O8S/c1-3-39-27(35)16-32-31(38)33-24-12-8-23(9-13-24)30-40-26(18-42-25-14-10-22(11-15-25)29(36)37)19(2)28(41-30)21-6-4-20(17-34)5-7-21/h4-15,19,26,28,30,34H,3,16-18H2,1-2H3,(H,36,37)(H2,32,33,38)/t19-,26+,28+,30+/m0/s1. The number of thioether (sulfide) groups is 1. The van der Waals surface area contributed by atoms with Gasteiger partial charge in [0, 0.05) is 27.8 Å². The van der Waals surface area contributed by atoms with Crippen molar-refractivity contribution in [2.24, 2.45) is 5.92 Å². The van der Waals surface area contributed by atoms with Crippen LogP contribution in [-0.2, 0) is 25.6 Å². The van der Waals surface area contributed by atoms with E-state index in [0.717, 1.165) is 21.6 Å². The Morgan fingerprint density at radius 2 is 1.60 bits per heavy atom. The van der Waals surface area contributed by atoms with Gasteiger partial charge in [-0.05, 0) is 54.4 Å². The van der Waals surface area contributed by atoms with Crippen molar-refractivity contribution >= 4 is 35.4 Å². The molecule has 1 fully saturated rings. The number of carboxylic acids is 1. The van der Waals surface area contributed by atoms with Crippen molar-refractivity contribution in [3.05, 3.63) is 95.1 Å². The van der Waals surface area contributed by atoms with Gasteiger partial charge in [-0.2, -0.15) is 0 Å². The van der Waals surface area contributed by atoms with E-state index >= 15 is 0 Å². The number of hydrogen-bond donors (Lipinski definition) is 4. The molecule has 1 aliphatic rings. The van der Waals surface area contributed by atoms with E-state index in [1.165, 1.54) is 0 Å². The average molecular weight is 595 g/mol. The minimum absolute atomic E-state index is 0.0175. The van der Waals surface area contributed by atoms with Crippen molar-refractivity contribution in [2.75, 3.05) is 24.2 Å². The van der Waals surface area contributed by atoms with Crippen molar-refractivity contribution in [1.82, 2.24) is 5.32 Å². The fraction of sp³-hybridized carbons (Fsp3) is 0.323. The first-order valence-electron chi connectivity index (χ1n) is 13.5. The number of carboxylic acid groups (broad SMARTS) is 1. The highest BCUT2D eigenvalue weighted by molar-refractivity contribution is 7.99. The molecule has 3 aromatic rings. The number of aliphatic hydroxyl groups is 1. The summed E-state index contributed by atoms with van der Waals surface area (Å²) in [6.07, 6.45) is -1.18. The third-order valence-corrected chi connectivity index (χ3v) is 7.88. The summed E-state index contributed by atoms with van der Waals surface area (Å²) in [6.45, 7) is 3.72. The molecule has 0 aliphatic carbocycles. The average Bonchev–Trinajstić information content (AvgIpc) is 3.00. The molecule has 4 N–H and O–H groups in total. The Hall–Kier alpha value is -3.90. The predicted molar refractivity (Wildman–Crippen MR) is 157 cm³/mol. The molecule has 222 valence electrons. The SMILES string of the molecule is CCOC(=O)CNC(=O)Nc1ccc([C@@H]2O[C@H](CSc3ccc(C(=O)O)cc3)[C@H](C)[C@H](c3ccc(CO)cc3)O2)cc1. The molecule has 2 amide bonds. The summed E-state index contributed by atoms with van der Waals surface area (Å²) in [7, 11) is 0. The fourth-order valence-corrected chi connectivity index (χ4v) is 5.51. The van der Waals surface area contributed by atoms with Crippen LogP contribution in [0, 0.1) is 5.92 Å². The Morgan fingerprint density at radius 1 is 0.929 bits per heavy atom. The van der Waals surface area contributed by atoms with Gasteiger partial charge in [0.05, 0.1) is 31.0 Å². The van der Waals surface area contributed by atoms with Crippen LogP contribution < -0.4 is 10.6 Å². The number of urea groups is 1. The second-order valence-electron chi connectivity index (χ2n) is 9.70. The van der Waals surface area contributed by atoms with Gasteiger partial charge < -0.3 is 35.1 Å². The van der Waals surface area contributed by atoms with E-state index < -0.39 is 24.3 Å². The molecule has 0 unspecified atom stereocenters. The second kappa shape index (κ2) is 14.8. The third kappa shape index (κ3) is 8.32. The van der Waals surface area contributed by atoms with Crippen LogP contribution in [0.2, 0.25) is 0 Å². The second-order valence-corrected chi connectivity index (χ2v) is 10.8. The summed E-state index contributed by atoms with van der Waals surface area (Å²) in [4.78, 5) is 35.7. The number of esters is 1. The van der Waals surface area contributed by atoms with Gasteiger partial charge in [-0.3, -0.25) is 4.79 Å². The van der Waals surface area contributed by atoms with Crippen LogP contribution in [0.25, 0.3) is 0 Å². The molecule has 0 bridgehead atoms. The molecule has 1 heterocycles. The molecule has 0 spiro atoms. The first kappa shape index (κ1) is 31.0. The van der Waals surface area contributed by atoms with Gasteiger partial charge in [0.25, 0.3) is 0 Å². The quantitative estimate of drug-likeness (QED) is 0.175. The van der Waals surface area contributed by atoms with Gasteiger partial charge in [-0.25, -0.2) is 9.59 Å². The smallest absolute Gasteiger partial charge is 0.335 e. The van der Waals surface area contributed by atoms with E-state index in [-0.39, 0.29) is 43.4 Å². The maximum absolute atomic E-state index is 12.1. The van der Waals surface area contributed by atoms with Crippen LogP contribution in [0.5, 0.6) is 0 Å². The zero-order valence-electron chi connectivity index (χ0n) is 23.3. The zero-order chi connectivity index (χ0) is 30.1. The number of carbonyl (C=O) groups is 3. The molecule has 0 saturated carbocycles. The maximum atomic E-state index is 12.1. The molecular weight excluding hydrogens is 560 g/mol. The number of ether oxygens (including phenoxy) is 3. The molecule has 11 heteroatoms. The number of amides is 2. The maximum Gasteiger partial charge on any atom is 0.335 e. The van der Waals surface area contributed by atoms with Gasteiger partial charge in [-0.15, -0.1) is 11.8 Å². The third-order valence-electron chi connectivity index (χ3n) is 6.78.